The second-order valence-electron chi connectivity index (χ2n) is 3.26. The van der Waals surface area contributed by atoms with Crippen LogP contribution in [0.25, 0.3) is 0 Å². The first-order chi connectivity index (χ1) is 7.97. The molecular weight excluding hydrogens is 246 g/mol. The summed E-state index contributed by atoms with van der Waals surface area (Å²) < 4.78 is 16.7. The molecular formula is C10H13NO5S. The Morgan fingerprint density at radius 3 is 2.65 bits per heavy atom. The molecule has 0 saturated carbocycles. The number of carbonyl (C=O) groups excluding carboxylic acids is 1. The van der Waals surface area contributed by atoms with Crippen LogP contribution in [-0.2, 0) is 15.6 Å². The van der Waals surface area contributed by atoms with Crippen LogP contribution in [0.2, 0.25) is 0 Å². The van der Waals surface area contributed by atoms with Crippen molar-refractivity contribution < 1.29 is 23.3 Å². The lowest BCUT2D eigenvalue weighted by Gasteiger charge is -2.08. The van der Waals surface area contributed by atoms with E-state index in [-0.39, 0.29) is 16.8 Å². The van der Waals surface area contributed by atoms with Crippen molar-refractivity contribution in [3.05, 3.63) is 17.9 Å². The summed E-state index contributed by atoms with van der Waals surface area (Å²) in [7, 11) is -1.70. The molecule has 1 aromatic heterocycles. The maximum Gasteiger partial charge on any atom is 0.371 e. The van der Waals surface area contributed by atoms with Gasteiger partial charge >= 0.3 is 5.97 Å². The molecule has 1 aromatic rings. The first-order valence-corrected chi connectivity index (χ1v) is 6.20. The number of rotatable bonds is 5. The van der Waals surface area contributed by atoms with E-state index >= 15 is 0 Å². The number of hydrogen-bond donors (Lipinski definition) is 2. The zero-order valence-electron chi connectivity index (χ0n) is 9.43. The number of aromatic carboxylic acids is 1. The fourth-order valence-corrected chi connectivity index (χ4v) is 2.13. The molecule has 0 aliphatic carbocycles. The van der Waals surface area contributed by atoms with E-state index in [0.29, 0.717) is 6.54 Å². The standard InChI is InChI=1S/C10H13NO5S/c1-3-11-9(12)6(2)17(15)8-5-4-7(16-8)10(13)14/h4-6H,3H2,1-2H3,(H,11,12)(H,13,14). The second-order valence-corrected chi connectivity index (χ2v) is 4.96. The van der Waals surface area contributed by atoms with E-state index in [0.717, 1.165) is 0 Å². The lowest BCUT2D eigenvalue weighted by atomic mass is 10.4. The van der Waals surface area contributed by atoms with E-state index in [1.54, 1.807) is 6.92 Å². The topological polar surface area (TPSA) is 96.6 Å². The number of carboxylic acids is 1. The number of amides is 1. The Hall–Kier alpha value is -1.63. The normalized spacial score (nSPS) is 14.0. The first kappa shape index (κ1) is 13.4. The molecule has 7 heteroatoms. The molecule has 2 atom stereocenters. The summed E-state index contributed by atoms with van der Waals surface area (Å²) in [5.41, 5.74) is 0. The summed E-state index contributed by atoms with van der Waals surface area (Å²) in [6.45, 7) is 3.69. The van der Waals surface area contributed by atoms with Gasteiger partial charge in [-0.15, -0.1) is 0 Å². The Labute approximate surface area is 100 Å². The van der Waals surface area contributed by atoms with Crippen LogP contribution in [-0.4, -0.2) is 33.0 Å². The quantitative estimate of drug-likeness (QED) is 0.807. The molecule has 0 spiro atoms. The minimum Gasteiger partial charge on any atom is -0.475 e. The molecule has 1 amide bonds. The molecule has 17 heavy (non-hydrogen) atoms. The molecule has 1 heterocycles. The summed E-state index contributed by atoms with van der Waals surface area (Å²) in [6.07, 6.45) is 0. The van der Waals surface area contributed by atoms with Crippen LogP contribution < -0.4 is 5.32 Å². The molecule has 2 N–H and O–H groups in total. The zero-order valence-corrected chi connectivity index (χ0v) is 10.2. The summed E-state index contributed by atoms with van der Waals surface area (Å²) in [6, 6.07) is 2.51. The lowest BCUT2D eigenvalue weighted by Crippen LogP contribution is -2.35. The van der Waals surface area contributed by atoms with Gasteiger partial charge in [0, 0.05) is 6.54 Å². The minimum absolute atomic E-state index is 0.0128. The van der Waals surface area contributed by atoms with Crippen LogP contribution in [0.5, 0.6) is 0 Å². The number of furan rings is 1. The highest BCUT2D eigenvalue weighted by atomic mass is 32.2. The molecule has 6 nitrogen and oxygen atoms in total. The Balaban J connectivity index is 2.81. The predicted molar refractivity (Wildman–Crippen MR) is 60.2 cm³/mol. The third kappa shape index (κ3) is 3.16. The summed E-state index contributed by atoms with van der Waals surface area (Å²) in [4.78, 5) is 22.0. The maximum absolute atomic E-state index is 11.9. The van der Waals surface area contributed by atoms with Gasteiger partial charge in [0.25, 0.3) is 0 Å². The molecule has 0 aromatic carbocycles. The van der Waals surface area contributed by atoms with Crippen LogP contribution >= 0.6 is 0 Å². The van der Waals surface area contributed by atoms with Crippen molar-refractivity contribution in [3.63, 3.8) is 0 Å². The van der Waals surface area contributed by atoms with Crippen molar-refractivity contribution in [1.82, 2.24) is 5.32 Å². The lowest BCUT2D eigenvalue weighted by molar-refractivity contribution is -0.120. The minimum atomic E-state index is -1.70. The van der Waals surface area contributed by atoms with Crippen LogP contribution in [0.4, 0.5) is 0 Å². The monoisotopic (exact) mass is 259 g/mol. The molecule has 0 saturated heterocycles. The van der Waals surface area contributed by atoms with Gasteiger partial charge < -0.3 is 14.8 Å². The van der Waals surface area contributed by atoms with Crippen molar-refractivity contribution >= 4 is 22.7 Å². The fraction of sp³-hybridized carbons (Fsp3) is 0.400. The molecule has 2 unspecified atom stereocenters. The van der Waals surface area contributed by atoms with Crippen LogP contribution in [0.1, 0.15) is 24.4 Å². The first-order valence-electron chi connectivity index (χ1n) is 4.98. The Bertz CT molecular complexity index is 453. The average molecular weight is 259 g/mol. The van der Waals surface area contributed by atoms with Gasteiger partial charge in [0.05, 0.1) is 0 Å². The van der Waals surface area contributed by atoms with E-state index in [1.807, 2.05) is 0 Å². The van der Waals surface area contributed by atoms with Crippen molar-refractivity contribution in [1.29, 1.82) is 0 Å². The van der Waals surface area contributed by atoms with Gasteiger partial charge in [0.2, 0.25) is 11.7 Å². The van der Waals surface area contributed by atoms with Crippen LogP contribution in [0.3, 0.4) is 0 Å². The maximum atomic E-state index is 11.9. The van der Waals surface area contributed by atoms with E-state index in [4.69, 9.17) is 9.52 Å². The Morgan fingerprint density at radius 1 is 1.53 bits per heavy atom. The molecule has 94 valence electrons. The van der Waals surface area contributed by atoms with Gasteiger partial charge in [-0.2, -0.15) is 0 Å². The number of carbonyl (C=O) groups is 2. The SMILES string of the molecule is CCNC(=O)C(C)S(=O)c1ccc(C(=O)O)o1. The summed E-state index contributed by atoms with van der Waals surface area (Å²) >= 11 is 0. The molecule has 0 fully saturated rings. The van der Waals surface area contributed by atoms with Crippen LogP contribution in [0.15, 0.2) is 21.6 Å². The van der Waals surface area contributed by atoms with Crippen molar-refractivity contribution in [3.8, 4) is 0 Å². The largest absolute Gasteiger partial charge is 0.475 e. The molecule has 0 bridgehead atoms. The summed E-state index contributed by atoms with van der Waals surface area (Å²) in [5.74, 6) is -1.89. The third-order valence-corrected chi connectivity index (χ3v) is 3.50. The second kappa shape index (κ2) is 5.62. The van der Waals surface area contributed by atoms with Gasteiger partial charge in [0.15, 0.2) is 5.09 Å². The Kier molecular flexibility index (Phi) is 4.45. The highest BCUT2D eigenvalue weighted by Gasteiger charge is 2.24. The highest BCUT2D eigenvalue weighted by Crippen LogP contribution is 2.15. The highest BCUT2D eigenvalue weighted by molar-refractivity contribution is 7.86. The molecule has 1 rings (SSSR count). The van der Waals surface area contributed by atoms with E-state index in [9.17, 15) is 13.8 Å². The van der Waals surface area contributed by atoms with Crippen molar-refractivity contribution in [2.45, 2.75) is 24.2 Å². The average Bonchev–Trinajstić information content (AvgIpc) is 2.76. The van der Waals surface area contributed by atoms with Gasteiger partial charge in [0.1, 0.15) is 16.0 Å². The van der Waals surface area contributed by atoms with Crippen molar-refractivity contribution in [2.75, 3.05) is 6.54 Å². The van der Waals surface area contributed by atoms with Crippen molar-refractivity contribution in [2.24, 2.45) is 0 Å². The van der Waals surface area contributed by atoms with Gasteiger partial charge in [-0.05, 0) is 26.0 Å². The third-order valence-electron chi connectivity index (χ3n) is 2.03. The molecule has 0 aliphatic heterocycles. The van der Waals surface area contributed by atoms with Gasteiger partial charge in [-0.3, -0.25) is 9.00 Å². The fourth-order valence-electron chi connectivity index (χ4n) is 1.13. The molecule has 0 aliphatic rings. The van der Waals surface area contributed by atoms with E-state index < -0.39 is 22.0 Å². The van der Waals surface area contributed by atoms with E-state index in [2.05, 4.69) is 5.32 Å². The van der Waals surface area contributed by atoms with E-state index in [1.165, 1.54) is 19.1 Å². The smallest absolute Gasteiger partial charge is 0.371 e. The molecule has 0 radical (unpaired) electrons. The summed E-state index contributed by atoms with van der Waals surface area (Å²) in [5, 5.41) is 10.4. The zero-order chi connectivity index (χ0) is 13.0. The van der Waals surface area contributed by atoms with Crippen LogP contribution in [0, 0.1) is 0 Å². The number of hydrogen-bond acceptors (Lipinski definition) is 4. The number of carboxylic acid groups (broad SMARTS) is 1. The van der Waals surface area contributed by atoms with Gasteiger partial charge in [-0.25, -0.2) is 4.79 Å². The Morgan fingerprint density at radius 2 is 2.18 bits per heavy atom. The number of nitrogens with one attached hydrogen (secondary N) is 1. The van der Waals surface area contributed by atoms with Gasteiger partial charge in [-0.1, -0.05) is 0 Å². The predicted octanol–water partition coefficient (Wildman–Crippen LogP) is 0.610.